The Morgan fingerprint density at radius 2 is 2.03 bits per heavy atom. The van der Waals surface area contributed by atoms with Gasteiger partial charge in [-0.25, -0.2) is 8.42 Å². The van der Waals surface area contributed by atoms with Crippen molar-refractivity contribution < 1.29 is 13.2 Å². The summed E-state index contributed by atoms with van der Waals surface area (Å²) in [5, 5.41) is 0.923. The van der Waals surface area contributed by atoms with Crippen molar-refractivity contribution in [3.63, 3.8) is 0 Å². The van der Waals surface area contributed by atoms with Crippen LogP contribution in [0, 0.1) is 0 Å². The number of nitrogen functional groups attached to an aromatic ring is 1. The number of anilines is 1. The minimum Gasteiger partial charge on any atom is -0.385 e. The third-order valence-electron chi connectivity index (χ3n) is 5.68. The average molecular weight is 460 g/mol. The van der Waals surface area contributed by atoms with Gasteiger partial charge in [0.15, 0.2) is 0 Å². The maximum Gasteiger partial charge on any atom is 0.241 e. The highest BCUT2D eigenvalue weighted by atomic mass is 32.2. The van der Waals surface area contributed by atoms with E-state index in [4.69, 9.17) is 5.73 Å². The van der Waals surface area contributed by atoms with E-state index in [1.807, 2.05) is 18.3 Å². The summed E-state index contributed by atoms with van der Waals surface area (Å²) in [5.41, 5.74) is 6.67. The quantitative estimate of drug-likeness (QED) is 0.361. The minimum absolute atomic E-state index is 0.122. The van der Waals surface area contributed by atoms with Crippen LogP contribution in [-0.2, 0) is 21.4 Å². The third-order valence-corrected chi connectivity index (χ3v) is 7.15. The smallest absolute Gasteiger partial charge is 0.241 e. The number of carbonyl (C=O) groups is 1. The second kappa shape index (κ2) is 10.7. The number of benzene rings is 1. The zero-order valence-corrected chi connectivity index (χ0v) is 19.6. The van der Waals surface area contributed by atoms with Gasteiger partial charge >= 0.3 is 0 Å². The molecule has 0 spiro atoms. The first kappa shape index (κ1) is 23.9. The molecule has 0 fully saturated rings. The van der Waals surface area contributed by atoms with E-state index in [1.54, 1.807) is 47.0 Å². The van der Waals surface area contributed by atoms with Crippen LogP contribution in [-0.4, -0.2) is 48.4 Å². The summed E-state index contributed by atoms with van der Waals surface area (Å²) in [6.07, 6.45) is 8.04. The molecule has 1 atom stereocenters. The maximum absolute atomic E-state index is 13.2. The van der Waals surface area contributed by atoms with Gasteiger partial charge in [0.1, 0.15) is 11.9 Å². The lowest BCUT2D eigenvalue weighted by molar-refractivity contribution is -0.132. The van der Waals surface area contributed by atoms with Crippen molar-refractivity contribution in [2.45, 2.75) is 56.5 Å². The number of likely N-dealkylation sites (N-methyl/N-ethyl adjacent to an activating group) is 1. The summed E-state index contributed by atoms with van der Waals surface area (Å²) < 4.78 is 30.7. The number of nitrogens with one attached hydrogen (secondary N) is 2. The third kappa shape index (κ3) is 5.92. The first-order valence-electron chi connectivity index (χ1n) is 11.1. The van der Waals surface area contributed by atoms with Gasteiger partial charge in [-0.05, 0) is 48.6 Å². The van der Waals surface area contributed by atoms with Gasteiger partial charge in [-0.1, -0.05) is 32.3 Å². The van der Waals surface area contributed by atoms with Gasteiger partial charge in [-0.3, -0.25) is 4.79 Å². The van der Waals surface area contributed by atoms with Crippen LogP contribution in [0.4, 0.5) is 5.82 Å². The second-order valence-corrected chi connectivity index (χ2v) is 9.85. The number of aromatic amines is 1. The molecule has 0 radical (unpaired) electrons. The lowest BCUT2D eigenvalue weighted by atomic mass is 10.1. The number of sulfonamides is 1. The molecule has 0 aliphatic rings. The van der Waals surface area contributed by atoms with E-state index in [0.717, 1.165) is 36.6 Å². The number of carbonyl (C=O) groups excluding carboxylic acids is 1. The molecule has 174 valence electrons. The SMILES string of the molecule is CCCCCCN(C)C(=O)C(CCn1cccc1N)NS(=O)(=O)c1ccc2cc[nH]c2c1. The molecule has 32 heavy (non-hydrogen) atoms. The van der Waals surface area contributed by atoms with E-state index in [1.165, 1.54) is 0 Å². The summed E-state index contributed by atoms with van der Waals surface area (Å²) in [4.78, 5) is 18.0. The maximum atomic E-state index is 13.2. The Morgan fingerprint density at radius 1 is 1.22 bits per heavy atom. The Hall–Kier alpha value is -2.78. The monoisotopic (exact) mass is 459 g/mol. The van der Waals surface area contributed by atoms with Gasteiger partial charge in [0.2, 0.25) is 15.9 Å². The lowest BCUT2D eigenvalue weighted by Crippen LogP contribution is -2.48. The summed E-state index contributed by atoms with van der Waals surface area (Å²) in [6, 6.07) is 9.46. The fraction of sp³-hybridized carbons (Fsp3) is 0.435. The van der Waals surface area contributed by atoms with Gasteiger partial charge in [0, 0.05) is 38.0 Å². The molecule has 2 aromatic heterocycles. The van der Waals surface area contributed by atoms with Crippen LogP contribution in [0.25, 0.3) is 10.9 Å². The number of nitrogens with two attached hydrogens (primary N) is 1. The molecule has 1 unspecified atom stereocenters. The molecule has 8 nitrogen and oxygen atoms in total. The molecule has 3 rings (SSSR count). The van der Waals surface area contributed by atoms with Crippen molar-refractivity contribution in [2.75, 3.05) is 19.3 Å². The van der Waals surface area contributed by atoms with E-state index in [0.29, 0.717) is 25.3 Å². The summed E-state index contributed by atoms with van der Waals surface area (Å²) in [6.45, 7) is 3.16. The average Bonchev–Trinajstić information content (AvgIpc) is 3.41. The number of fused-ring (bicyclic) bond motifs is 1. The Morgan fingerprint density at radius 3 is 2.75 bits per heavy atom. The predicted octanol–water partition coefficient (Wildman–Crippen LogP) is 3.33. The van der Waals surface area contributed by atoms with Crippen molar-refractivity contribution in [3.05, 3.63) is 48.8 Å². The summed E-state index contributed by atoms with van der Waals surface area (Å²) >= 11 is 0. The van der Waals surface area contributed by atoms with Crippen LogP contribution >= 0.6 is 0 Å². The van der Waals surface area contributed by atoms with Crippen molar-refractivity contribution in [1.29, 1.82) is 0 Å². The number of nitrogens with zero attached hydrogens (tertiary/aromatic N) is 2. The number of aryl methyl sites for hydroxylation is 1. The highest BCUT2D eigenvalue weighted by Crippen LogP contribution is 2.19. The van der Waals surface area contributed by atoms with Crippen molar-refractivity contribution in [2.24, 2.45) is 0 Å². The minimum atomic E-state index is -3.90. The molecule has 0 saturated heterocycles. The van der Waals surface area contributed by atoms with E-state index in [2.05, 4.69) is 16.6 Å². The zero-order chi connectivity index (χ0) is 23.1. The first-order valence-corrected chi connectivity index (χ1v) is 12.5. The first-order chi connectivity index (χ1) is 15.3. The standard InChI is InChI=1S/C23H33N5O3S/c1-3-4-5-6-14-27(2)23(29)20(12-16-28-15-7-8-22(28)24)26-32(30,31)19-10-9-18-11-13-25-21(18)17-19/h7-11,13,15,17,20,25-26H,3-6,12,14,16,24H2,1-2H3. The molecule has 2 heterocycles. The molecular weight excluding hydrogens is 426 g/mol. The van der Waals surface area contributed by atoms with E-state index < -0.39 is 16.1 Å². The molecule has 9 heteroatoms. The molecule has 1 amide bonds. The van der Waals surface area contributed by atoms with Gasteiger partial charge in [-0.15, -0.1) is 0 Å². The van der Waals surface area contributed by atoms with Crippen LogP contribution in [0.5, 0.6) is 0 Å². The van der Waals surface area contributed by atoms with Crippen molar-refractivity contribution in [3.8, 4) is 0 Å². The summed E-state index contributed by atoms with van der Waals surface area (Å²) in [7, 11) is -2.17. The van der Waals surface area contributed by atoms with E-state index in [9.17, 15) is 13.2 Å². The van der Waals surface area contributed by atoms with Crippen molar-refractivity contribution in [1.82, 2.24) is 19.2 Å². The van der Waals surface area contributed by atoms with E-state index >= 15 is 0 Å². The Balaban J connectivity index is 1.76. The molecule has 0 aliphatic heterocycles. The summed E-state index contributed by atoms with van der Waals surface area (Å²) in [5.74, 6) is 0.334. The molecule has 0 saturated carbocycles. The molecular formula is C23H33N5O3S. The molecule has 4 N–H and O–H groups in total. The zero-order valence-electron chi connectivity index (χ0n) is 18.8. The van der Waals surface area contributed by atoms with Crippen LogP contribution < -0.4 is 10.5 Å². The van der Waals surface area contributed by atoms with Crippen LogP contribution in [0.2, 0.25) is 0 Å². The number of hydrogen-bond donors (Lipinski definition) is 3. The number of rotatable bonds is 12. The van der Waals surface area contributed by atoms with Gasteiger partial charge in [-0.2, -0.15) is 4.72 Å². The normalized spacial score (nSPS) is 12.8. The van der Waals surface area contributed by atoms with Gasteiger partial charge in [0.25, 0.3) is 0 Å². The molecule has 3 aromatic rings. The predicted molar refractivity (Wildman–Crippen MR) is 128 cm³/mol. The van der Waals surface area contributed by atoms with Crippen LogP contribution in [0.15, 0.2) is 53.7 Å². The Kier molecular flexibility index (Phi) is 7.98. The van der Waals surface area contributed by atoms with E-state index in [-0.39, 0.29) is 10.8 Å². The number of hydrogen-bond acceptors (Lipinski definition) is 4. The molecule has 1 aromatic carbocycles. The Labute approximate surface area is 189 Å². The highest BCUT2D eigenvalue weighted by molar-refractivity contribution is 7.89. The fourth-order valence-electron chi connectivity index (χ4n) is 3.73. The van der Waals surface area contributed by atoms with Crippen LogP contribution in [0.3, 0.4) is 0 Å². The highest BCUT2D eigenvalue weighted by Gasteiger charge is 2.28. The molecule has 0 aliphatic carbocycles. The Bertz CT molecular complexity index is 1140. The number of unbranched alkanes of at least 4 members (excludes halogenated alkanes) is 3. The number of H-pyrrole nitrogens is 1. The lowest BCUT2D eigenvalue weighted by Gasteiger charge is -2.25. The van der Waals surface area contributed by atoms with Crippen molar-refractivity contribution >= 4 is 32.7 Å². The second-order valence-electron chi connectivity index (χ2n) is 8.14. The topological polar surface area (TPSA) is 113 Å². The molecule has 0 bridgehead atoms. The largest absolute Gasteiger partial charge is 0.385 e. The number of amides is 1. The van der Waals surface area contributed by atoms with Gasteiger partial charge < -0.3 is 20.2 Å². The van der Waals surface area contributed by atoms with Crippen LogP contribution in [0.1, 0.15) is 39.0 Å². The fourth-order valence-corrected chi connectivity index (χ4v) is 4.98. The number of aromatic nitrogens is 2. The van der Waals surface area contributed by atoms with Gasteiger partial charge in [0.05, 0.1) is 4.90 Å².